The maximum atomic E-state index is 13.1. The van der Waals surface area contributed by atoms with Gasteiger partial charge in [0.2, 0.25) is 0 Å². The SMILES string of the molecule is Cc1cc(C)c2cc(CN(Cc3ccco3)C(=O)c3ccccc3)c(=O)[nH]c2c1. The van der Waals surface area contributed by atoms with Crippen LogP contribution in [0, 0.1) is 13.8 Å². The topological polar surface area (TPSA) is 66.3 Å². The van der Waals surface area contributed by atoms with Crippen molar-refractivity contribution in [1.29, 1.82) is 0 Å². The van der Waals surface area contributed by atoms with Gasteiger partial charge in [-0.15, -0.1) is 0 Å². The number of aromatic amines is 1. The van der Waals surface area contributed by atoms with Crippen LogP contribution in [0.25, 0.3) is 10.9 Å². The number of amides is 1. The van der Waals surface area contributed by atoms with Crippen molar-refractivity contribution in [1.82, 2.24) is 9.88 Å². The molecule has 1 N–H and O–H groups in total. The first-order valence-corrected chi connectivity index (χ1v) is 9.51. The van der Waals surface area contributed by atoms with Crippen LogP contribution >= 0.6 is 0 Å². The van der Waals surface area contributed by atoms with Gasteiger partial charge in [-0.3, -0.25) is 9.59 Å². The second-order valence-corrected chi connectivity index (χ2v) is 7.27. The summed E-state index contributed by atoms with van der Waals surface area (Å²) in [7, 11) is 0. The lowest BCUT2D eigenvalue weighted by atomic mass is 10.0. The molecule has 0 aliphatic heterocycles. The average molecular weight is 386 g/mol. The van der Waals surface area contributed by atoms with Gasteiger partial charge in [-0.1, -0.05) is 24.3 Å². The zero-order chi connectivity index (χ0) is 20.4. The van der Waals surface area contributed by atoms with E-state index in [9.17, 15) is 9.59 Å². The molecule has 0 saturated carbocycles. The molecule has 0 saturated heterocycles. The third kappa shape index (κ3) is 3.99. The smallest absolute Gasteiger partial charge is 0.254 e. The molecule has 146 valence electrons. The zero-order valence-corrected chi connectivity index (χ0v) is 16.4. The molecule has 2 aromatic heterocycles. The molecular weight excluding hydrogens is 364 g/mol. The van der Waals surface area contributed by atoms with Crippen LogP contribution in [0.4, 0.5) is 0 Å². The monoisotopic (exact) mass is 386 g/mol. The molecule has 0 fully saturated rings. The van der Waals surface area contributed by atoms with E-state index in [-0.39, 0.29) is 24.6 Å². The summed E-state index contributed by atoms with van der Waals surface area (Å²) in [5.74, 6) is 0.514. The summed E-state index contributed by atoms with van der Waals surface area (Å²) in [6, 6.07) is 18.6. The first-order chi connectivity index (χ1) is 14.0. The molecule has 2 heterocycles. The number of benzene rings is 2. The van der Waals surface area contributed by atoms with Gasteiger partial charge in [0.15, 0.2) is 0 Å². The van der Waals surface area contributed by atoms with Gasteiger partial charge in [-0.05, 0) is 61.4 Å². The highest BCUT2D eigenvalue weighted by Gasteiger charge is 2.19. The molecule has 0 unspecified atom stereocenters. The van der Waals surface area contributed by atoms with Crippen LogP contribution in [-0.2, 0) is 13.1 Å². The molecule has 0 atom stereocenters. The average Bonchev–Trinajstić information content (AvgIpc) is 3.21. The Labute approximate surface area is 168 Å². The van der Waals surface area contributed by atoms with E-state index in [2.05, 4.69) is 11.1 Å². The number of aromatic nitrogens is 1. The number of carbonyl (C=O) groups excluding carboxylic acids is 1. The fourth-order valence-corrected chi connectivity index (χ4v) is 3.59. The molecule has 4 rings (SSSR count). The van der Waals surface area contributed by atoms with Gasteiger partial charge in [0.25, 0.3) is 11.5 Å². The highest BCUT2D eigenvalue weighted by molar-refractivity contribution is 5.94. The molecule has 1 amide bonds. The fourth-order valence-electron chi connectivity index (χ4n) is 3.59. The zero-order valence-electron chi connectivity index (χ0n) is 16.4. The third-order valence-electron chi connectivity index (χ3n) is 4.99. The van der Waals surface area contributed by atoms with E-state index in [0.717, 1.165) is 22.0 Å². The minimum absolute atomic E-state index is 0.151. The normalized spacial score (nSPS) is 11.0. The van der Waals surface area contributed by atoms with E-state index >= 15 is 0 Å². The van der Waals surface area contributed by atoms with Crippen molar-refractivity contribution in [2.24, 2.45) is 0 Å². The van der Waals surface area contributed by atoms with E-state index in [4.69, 9.17) is 4.42 Å². The maximum Gasteiger partial charge on any atom is 0.254 e. The Hall–Kier alpha value is -3.60. The molecule has 5 heteroatoms. The second-order valence-electron chi connectivity index (χ2n) is 7.27. The lowest BCUT2D eigenvalue weighted by Crippen LogP contribution is -2.32. The van der Waals surface area contributed by atoms with E-state index in [1.54, 1.807) is 29.4 Å². The molecule has 0 aliphatic rings. The van der Waals surface area contributed by atoms with Crippen molar-refractivity contribution in [3.05, 3.63) is 105 Å². The van der Waals surface area contributed by atoms with Crippen LogP contribution in [0.15, 0.2) is 76.1 Å². The summed E-state index contributed by atoms with van der Waals surface area (Å²) >= 11 is 0. The number of carbonyl (C=O) groups is 1. The van der Waals surface area contributed by atoms with Gasteiger partial charge in [0.1, 0.15) is 5.76 Å². The number of furan rings is 1. The Morgan fingerprint density at radius 2 is 1.79 bits per heavy atom. The first kappa shape index (κ1) is 18.7. The van der Waals surface area contributed by atoms with Crippen molar-refractivity contribution >= 4 is 16.8 Å². The van der Waals surface area contributed by atoms with Gasteiger partial charge in [-0.25, -0.2) is 0 Å². The number of hydrogen-bond acceptors (Lipinski definition) is 3. The lowest BCUT2D eigenvalue weighted by Gasteiger charge is -2.22. The summed E-state index contributed by atoms with van der Waals surface area (Å²) in [6.07, 6.45) is 1.58. The Kier molecular flexibility index (Phi) is 5.04. The fraction of sp³-hybridized carbons (Fsp3) is 0.167. The molecule has 29 heavy (non-hydrogen) atoms. The van der Waals surface area contributed by atoms with E-state index in [1.165, 1.54) is 0 Å². The van der Waals surface area contributed by atoms with Crippen molar-refractivity contribution in [2.45, 2.75) is 26.9 Å². The summed E-state index contributed by atoms with van der Waals surface area (Å²) < 4.78 is 5.44. The van der Waals surface area contributed by atoms with Crippen molar-refractivity contribution in [3.8, 4) is 0 Å². The van der Waals surface area contributed by atoms with Crippen molar-refractivity contribution in [2.75, 3.05) is 0 Å². The molecule has 0 spiro atoms. The quantitative estimate of drug-likeness (QED) is 0.546. The minimum atomic E-state index is -0.187. The Morgan fingerprint density at radius 3 is 2.52 bits per heavy atom. The van der Waals surface area contributed by atoms with Crippen LogP contribution in [0.5, 0.6) is 0 Å². The van der Waals surface area contributed by atoms with Crippen molar-refractivity contribution < 1.29 is 9.21 Å². The van der Waals surface area contributed by atoms with Crippen molar-refractivity contribution in [3.63, 3.8) is 0 Å². The number of nitrogens with one attached hydrogen (secondary N) is 1. The highest BCUT2D eigenvalue weighted by atomic mass is 16.3. The Bertz CT molecular complexity index is 1210. The van der Waals surface area contributed by atoms with Crippen LogP contribution in [0.3, 0.4) is 0 Å². The summed E-state index contributed by atoms with van der Waals surface area (Å²) in [5, 5.41) is 0.982. The van der Waals surface area contributed by atoms with Gasteiger partial charge in [0, 0.05) is 22.0 Å². The molecule has 0 aliphatic carbocycles. The Morgan fingerprint density at radius 1 is 1.00 bits per heavy atom. The third-order valence-corrected chi connectivity index (χ3v) is 4.99. The van der Waals surface area contributed by atoms with E-state index < -0.39 is 0 Å². The first-order valence-electron chi connectivity index (χ1n) is 9.51. The van der Waals surface area contributed by atoms with E-state index in [0.29, 0.717) is 16.9 Å². The van der Waals surface area contributed by atoms with Crippen LogP contribution in [-0.4, -0.2) is 15.8 Å². The van der Waals surface area contributed by atoms with Crippen LogP contribution < -0.4 is 5.56 Å². The summed E-state index contributed by atoms with van der Waals surface area (Å²) in [5.41, 5.74) is 3.92. The molecular formula is C24H22N2O3. The largest absolute Gasteiger partial charge is 0.467 e. The maximum absolute atomic E-state index is 13.1. The summed E-state index contributed by atoms with van der Waals surface area (Å²) in [6.45, 7) is 4.49. The molecule has 4 aromatic rings. The predicted molar refractivity (Wildman–Crippen MR) is 113 cm³/mol. The summed E-state index contributed by atoms with van der Waals surface area (Å²) in [4.78, 5) is 30.5. The molecule has 0 radical (unpaired) electrons. The van der Waals surface area contributed by atoms with Gasteiger partial charge >= 0.3 is 0 Å². The number of H-pyrrole nitrogens is 1. The number of fused-ring (bicyclic) bond motifs is 1. The number of aryl methyl sites for hydroxylation is 2. The number of pyridine rings is 1. The standard InChI is InChI=1S/C24H22N2O3/c1-16-11-17(2)21-13-19(23(27)25-22(21)12-16)14-26(15-20-9-6-10-29-20)24(28)18-7-4-3-5-8-18/h3-13H,14-15H2,1-2H3,(H,25,27). The van der Waals surface area contributed by atoms with Gasteiger partial charge < -0.3 is 14.3 Å². The number of nitrogens with zero attached hydrogens (tertiary/aromatic N) is 1. The number of hydrogen-bond donors (Lipinski definition) is 1. The molecule has 0 bridgehead atoms. The Balaban J connectivity index is 1.73. The van der Waals surface area contributed by atoms with Crippen LogP contribution in [0.2, 0.25) is 0 Å². The molecule has 2 aromatic carbocycles. The van der Waals surface area contributed by atoms with Crippen LogP contribution in [0.1, 0.15) is 32.8 Å². The molecule has 5 nitrogen and oxygen atoms in total. The van der Waals surface area contributed by atoms with Gasteiger partial charge in [0.05, 0.1) is 19.4 Å². The lowest BCUT2D eigenvalue weighted by molar-refractivity contribution is 0.0717. The van der Waals surface area contributed by atoms with Gasteiger partial charge in [-0.2, -0.15) is 0 Å². The predicted octanol–water partition coefficient (Wildman–Crippen LogP) is 4.58. The minimum Gasteiger partial charge on any atom is -0.467 e. The highest BCUT2D eigenvalue weighted by Crippen LogP contribution is 2.20. The second kappa shape index (κ2) is 7.80. The number of rotatable bonds is 5. The van der Waals surface area contributed by atoms with E-state index in [1.807, 2.05) is 50.2 Å².